The highest BCUT2D eigenvalue weighted by Gasteiger charge is 2.39. The van der Waals surface area contributed by atoms with E-state index in [4.69, 9.17) is 0 Å². The number of ketones is 1. The van der Waals surface area contributed by atoms with Gasteiger partial charge in [0.2, 0.25) is 11.8 Å². The quantitative estimate of drug-likeness (QED) is 0.708. The molecule has 1 atom stereocenters. The Hall–Kier alpha value is -1.19. The maximum atomic E-state index is 11.8. The third-order valence-electron chi connectivity index (χ3n) is 2.77. The second-order valence-corrected chi connectivity index (χ2v) is 4.39. The number of imide groups is 1. The highest BCUT2D eigenvalue weighted by Crippen LogP contribution is 2.26. The van der Waals surface area contributed by atoms with Gasteiger partial charge in [0.15, 0.2) is 0 Å². The third kappa shape index (κ3) is 4.29. The lowest BCUT2D eigenvalue weighted by atomic mass is 9.94. The van der Waals surface area contributed by atoms with E-state index in [1.54, 1.807) is 0 Å². The number of likely N-dealkylation sites (tertiary alicyclic amines) is 1. The van der Waals surface area contributed by atoms with Crippen molar-refractivity contribution in [2.45, 2.75) is 47.5 Å². The highest BCUT2D eigenvalue weighted by molar-refractivity contribution is 6.03. The van der Waals surface area contributed by atoms with Crippen molar-refractivity contribution in [2.75, 3.05) is 6.54 Å². The molecular weight excluding hydrogens is 218 g/mol. The van der Waals surface area contributed by atoms with Crippen molar-refractivity contribution in [1.29, 1.82) is 0 Å². The van der Waals surface area contributed by atoms with E-state index in [1.165, 1.54) is 11.8 Å². The molecule has 0 aliphatic carbocycles. The predicted molar refractivity (Wildman–Crippen MR) is 66.3 cm³/mol. The summed E-state index contributed by atoms with van der Waals surface area (Å²) in [5, 5.41) is 0. The zero-order chi connectivity index (χ0) is 13.6. The van der Waals surface area contributed by atoms with Gasteiger partial charge in [0.25, 0.3) is 0 Å². The van der Waals surface area contributed by atoms with Gasteiger partial charge in [-0.15, -0.1) is 0 Å². The predicted octanol–water partition coefficient (Wildman–Crippen LogP) is 2.02. The standard InChI is InChI=1S/C11H17NO3.C2H6/c1-7(2)9-6-10(14)12(11(9)15)5-4-8(3)13;1-2/h7,9H,4-6H2,1-3H3;1-2H3. The summed E-state index contributed by atoms with van der Waals surface area (Å²) in [5.41, 5.74) is 0. The number of nitrogens with zero attached hydrogens (tertiary/aromatic N) is 1. The third-order valence-corrected chi connectivity index (χ3v) is 2.77. The van der Waals surface area contributed by atoms with E-state index in [1.807, 2.05) is 27.7 Å². The van der Waals surface area contributed by atoms with Crippen molar-refractivity contribution in [1.82, 2.24) is 4.90 Å². The molecule has 0 radical (unpaired) electrons. The van der Waals surface area contributed by atoms with Gasteiger partial charge in [-0.1, -0.05) is 27.7 Å². The molecule has 0 aromatic heterocycles. The highest BCUT2D eigenvalue weighted by atomic mass is 16.2. The summed E-state index contributed by atoms with van der Waals surface area (Å²) in [6, 6.07) is 0. The van der Waals surface area contributed by atoms with Crippen LogP contribution in [0.2, 0.25) is 0 Å². The van der Waals surface area contributed by atoms with Crippen LogP contribution in [0.1, 0.15) is 47.5 Å². The molecule has 17 heavy (non-hydrogen) atoms. The van der Waals surface area contributed by atoms with Gasteiger partial charge in [-0.05, 0) is 12.8 Å². The van der Waals surface area contributed by atoms with Crippen LogP contribution in [0.25, 0.3) is 0 Å². The van der Waals surface area contributed by atoms with E-state index < -0.39 is 0 Å². The number of rotatable bonds is 4. The zero-order valence-corrected chi connectivity index (χ0v) is 11.4. The van der Waals surface area contributed by atoms with Gasteiger partial charge in [0.1, 0.15) is 5.78 Å². The molecule has 0 saturated carbocycles. The molecule has 4 heteroatoms. The summed E-state index contributed by atoms with van der Waals surface area (Å²) in [7, 11) is 0. The molecule has 1 aliphatic rings. The van der Waals surface area contributed by atoms with E-state index in [0.29, 0.717) is 6.42 Å². The Labute approximate surface area is 103 Å². The van der Waals surface area contributed by atoms with E-state index in [9.17, 15) is 14.4 Å². The maximum absolute atomic E-state index is 11.8. The first-order valence-corrected chi connectivity index (χ1v) is 6.27. The molecule has 1 aliphatic heterocycles. The first kappa shape index (κ1) is 15.8. The molecule has 0 aromatic carbocycles. The number of hydrogen-bond acceptors (Lipinski definition) is 3. The van der Waals surface area contributed by atoms with Gasteiger partial charge in [-0.25, -0.2) is 0 Å². The molecule has 1 saturated heterocycles. The van der Waals surface area contributed by atoms with Crippen molar-refractivity contribution in [2.24, 2.45) is 11.8 Å². The number of hydrogen-bond donors (Lipinski definition) is 0. The molecular formula is C13H23NO3. The Balaban J connectivity index is 0.00000121. The summed E-state index contributed by atoms with van der Waals surface area (Å²) in [6.45, 7) is 9.58. The lowest BCUT2D eigenvalue weighted by Crippen LogP contribution is -2.33. The fourth-order valence-electron chi connectivity index (χ4n) is 1.73. The average molecular weight is 241 g/mol. The molecule has 2 amide bonds. The van der Waals surface area contributed by atoms with Crippen LogP contribution in [-0.2, 0) is 14.4 Å². The van der Waals surface area contributed by atoms with Crippen LogP contribution in [-0.4, -0.2) is 29.0 Å². The Kier molecular flexibility index (Phi) is 6.69. The molecule has 0 aromatic rings. The Morgan fingerprint density at radius 3 is 2.24 bits per heavy atom. The number of amides is 2. The van der Waals surface area contributed by atoms with E-state index >= 15 is 0 Å². The molecule has 0 spiro atoms. The minimum atomic E-state index is -0.190. The number of carbonyl (C=O) groups excluding carboxylic acids is 3. The van der Waals surface area contributed by atoms with E-state index in [-0.39, 0.29) is 42.4 Å². The molecule has 1 heterocycles. The smallest absolute Gasteiger partial charge is 0.233 e. The fourth-order valence-corrected chi connectivity index (χ4v) is 1.73. The van der Waals surface area contributed by atoms with Crippen molar-refractivity contribution < 1.29 is 14.4 Å². The van der Waals surface area contributed by atoms with Crippen LogP contribution in [0, 0.1) is 11.8 Å². The minimum absolute atomic E-state index is 0.00333. The maximum Gasteiger partial charge on any atom is 0.233 e. The van der Waals surface area contributed by atoms with Crippen LogP contribution in [0.4, 0.5) is 0 Å². The van der Waals surface area contributed by atoms with Crippen LogP contribution in [0.5, 0.6) is 0 Å². The van der Waals surface area contributed by atoms with Crippen LogP contribution < -0.4 is 0 Å². The second kappa shape index (κ2) is 7.20. The van der Waals surface area contributed by atoms with Crippen LogP contribution >= 0.6 is 0 Å². The molecule has 4 nitrogen and oxygen atoms in total. The van der Waals surface area contributed by atoms with Crippen LogP contribution in [0.3, 0.4) is 0 Å². The monoisotopic (exact) mass is 241 g/mol. The van der Waals surface area contributed by atoms with Crippen molar-refractivity contribution in [3.8, 4) is 0 Å². The molecule has 0 N–H and O–H groups in total. The summed E-state index contributed by atoms with van der Waals surface area (Å²) in [6.07, 6.45) is 0.566. The fraction of sp³-hybridized carbons (Fsp3) is 0.769. The van der Waals surface area contributed by atoms with Gasteiger partial charge < -0.3 is 0 Å². The molecule has 1 unspecified atom stereocenters. The molecule has 1 fully saturated rings. The lowest BCUT2D eigenvalue weighted by molar-refractivity contribution is -0.139. The SMILES string of the molecule is CC.CC(=O)CCN1C(=O)CC(C(C)C)C1=O. The summed E-state index contributed by atoms with van der Waals surface area (Å²) < 4.78 is 0. The first-order chi connectivity index (χ1) is 7.93. The Morgan fingerprint density at radius 1 is 1.35 bits per heavy atom. The zero-order valence-electron chi connectivity index (χ0n) is 11.4. The Bertz CT molecular complexity index is 297. The van der Waals surface area contributed by atoms with E-state index in [0.717, 1.165) is 0 Å². The summed E-state index contributed by atoms with van der Waals surface area (Å²) in [4.78, 5) is 35.3. The van der Waals surface area contributed by atoms with Crippen LogP contribution in [0.15, 0.2) is 0 Å². The van der Waals surface area contributed by atoms with Gasteiger partial charge >= 0.3 is 0 Å². The first-order valence-electron chi connectivity index (χ1n) is 6.27. The van der Waals surface area contributed by atoms with Gasteiger partial charge in [-0.3, -0.25) is 19.3 Å². The second-order valence-electron chi connectivity index (χ2n) is 4.39. The van der Waals surface area contributed by atoms with Crippen molar-refractivity contribution in [3.05, 3.63) is 0 Å². The summed E-state index contributed by atoms with van der Waals surface area (Å²) in [5.74, 6) is -0.256. The van der Waals surface area contributed by atoms with E-state index in [2.05, 4.69) is 0 Å². The molecule has 1 rings (SSSR count). The summed E-state index contributed by atoms with van der Waals surface area (Å²) >= 11 is 0. The normalized spacial score (nSPS) is 19.4. The van der Waals surface area contributed by atoms with Gasteiger partial charge in [0.05, 0.1) is 0 Å². The number of carbonyl (C=O) groups is 3. The topological polar surface area (TPSA) is 54.5 Å². The van der Waals surface area contributed by atoms with Crippen molar-refractivity contribution >= 4 is 17.6 Å². The molecule has 0 bridgehead atoms. The minimum Gasteiger partial charge on any atom is -0.300 e. The Morgan fingerprint density at radius 2 is 1.88 bits per heavy atom. The largest absolute Gasteiger partial charge is 0.300 e. The number of Topliss-reactive ketones (excluding diaryl/α,β-unsaturated/α-hetero) is 1. The lowest BCUT2D eigenvalue weighted by Gasteiger charge is -2.15. The van der Waals surface area contributed by atoms with Gasteiger partial charge in [0, 0.05) is 25.3 Å². The van der Waals surface area contributed by atoms with Gasteiger partial charge in [-0.2, -0.15) is 0 Å². The average Bonchev–Trinajstić information content (AvgIpc) is 2.55. The van der Waals surface area contributed by atoms with Crippen molar-refractivity contribution in [3.63, 3.8) is 0 Å². The molecule has 98 valence electrons.